The Bertz CT molecular complexity index is 719. The maximum absolute atomic E-state index is 13.1. The van der Waals surface area contributed by atoms with Gasteiger partial charge < -0.3 is 4.90 Å². The van der Waals surface area contributed by atoms with Crippen LogP contribution >= 0.6 is 0 Å². The van der Waals surface area contributed by atoms with Gasteiger partial charge in [0, 0.05) is 30.0 Å². The molecule has 2 aliphatic heterocycles. The molecule has 132 valence electrons. The first-order valence-corrected chi connectivity index (χ1v) is 9.36. The van der Waals surface area contributed by atoms with E-state index in [9.17, 15) is 4.79 Å². The van der Waals surface area contributed by atoms with E-state index in [4.69, 9.17) is 0 Å². The minimum atomic E-state index is -0.0612. The first-order chi connectivity index (χ1) is 12.2. The van der Waals surface area contributed by atoms with Crippen LogP contribution < -0.4 is 4.90 Å². The summed E-state index contributed by atoms with van der Waals surface area (Å²) in [5, 5.41) is 7.16. The molecule has 0 spiro atoms. The maximum Gasteiger partial charge on any atom is 0.244 e. The van der Waals surface area contributed by atoms with Gasteiger partial charge in [0.15, 0.2) is 0 Å². The summed E-state index contributed by atoms with van der Waals surface area (Å²) in [5.41, 5.74) is 3.63. The number of benzene rings is 1. The number of aromatic amines is 1. The largest absolute Gasteiger partial charge is 0.311 e. The molecule has 1 aromatic heterocycles. The third-order valence-electron chi connectivity index (χ3n) is 5.77. The van der Waals surface area contributed by atoms with Crippen molar-refractivity contribution in [2.45, 2.75) is 44.6 Å². The standard InChI is InChI=1S/C20H26N4O/c1-15(23-13-9-16(10-14-23)18-8-11-21-22-18)20(25)24-12-4-6-17-5-2-3-7-19(17)24/h2-3,5,7-8,11,15-16H,4,6,9-10,12-14H2,1H3,(H,21,22)/t15-/m1/s1. The number of anilines is 1. The third-order valence-corrected chi connectivity index (χ3v) is 5.77. The summed E-state index contributed by atoms with van der Waals surface area (Å²) in [6.07, 6.45) is 6.11. The van der Waals surface area contributed by atoms with Gasteiger partial charge in [0.1, 0.15) is 0 Å². The molecule has 1 N–H and O–H groups in total. The van der Waals surface area contributed by atoms with Crippen LogP contribution in [0.25, 0.3) is 0 Å². The summed E-state index contributed by atoms with van der Waals surface area (Å²) in [6, 6.07) is 10.3. The minimum absolute atomic E-state index is 0.0612. The molecule has 2 aliphatic rings. The highest BCUT2D eigenvalue weighted by Gasteiger charge is 2.32. The summed E-state index contributed by atoms with van der Waals surface area (Å²) in [7, 11) is 0. The van der Waals surface area contributed by atoms with Crippen LogP contribution in [0.1, 0.15) is 43.4 Å². The molecule has 1 saturated heterocycles. The topological polar surface area (TPSA) is 52.2 Å². The number of carbonyl (C=O) groups excluding carboxylic acids is 1. The highest BCUT2D eigenvalue weighted by Crippen LogP contribution is 2.30. The van der Waals surface area contributed by atoms with E-state index in [1.807, 2.05) is 17.2 Å². The predicted molar refractivity (Wildman–Crippen MR) is 98.7 cm³/mol. The quantitative estimate of drug-likeness (QED) is 0.936. The van der Waals surface area contributed by atoms with Crippen LogP contribution in [0.2, 0.25) is 0 Å². The fraction of sp³-hybridized carbons (Fsp3) is 0.500. The molecule has 1 fully saturated rings. The van der Waals surface area contributed by atoms with Gasteiger partial charge in [-0.2, -0.15) is 5.10 Å². The Balaban J connectivity index is 1.42. The van der Waals surface area contributed by atoms with Crippen molar-refractivity contribution in [3.8, 4) is 0 Å². The van der Waals surface area contributed by atoms with Crippen LogP contribution in [0.15, 0.2) is 36.5 Å². The number of aryl methyl sites for hydroxylation is 1. The van der Waals surface area contributed by atoms with E-state index < -0.39 is 0 Å². The number of likely N-dealkylation sites (tertiary alicyclic amines) is 1. The SMILES string of the molecule is C[C@H](C(=O)N1CCCc2ccccc21)N1CCC(c2ccn[nH]2)CC1. The highest BCUT2D eigenvalue weighted by molar-refractivity contribution is 5.98. The molecule has 5 nitrogen and oxygen atoms in total. The van der Waals surface area contributed by atoms with Crippen molar-refractivity contribution in [1.82, 2.24) is 15.1 Å². The average molecular weight is 338 g/mol. The minimum Gasteiger partial charge on any atom is -0.311 e. The van der Waals surface area contributed by atoms with Gasteiger partial charge in [0.25, 0.3) is 0 Å². The van der Waals surface area contributed by atoms with Crippen molar-refractivity contribution >= 4 is 11.6 Å². The number of amides is 1. The molecule has 25 heavy (non-hydrogen) atoms. The summed E-state index contributed by atoms with van der Waals surface area (Å²) in [6.45, 7) is 4.83. The number of nitrogens with one attached hydrogen (secondary N) is 1. The Morgan fingerprint density at radius 3 is 2.76 bits per heavy atom. The van der Waals surface area contributed by atoms with Gasteiger partial charge in [0.05, 0.1) is 6.04 Å². The van der Waals surface area contributed by atoms with E-state index in [0.717, 1.165) is 51.0 Å². The number of rotatable bonds is 3. The zero-order valence-electron chi connectivity index (χ0n) is 14.8. The summed E-state index contributed by atoms with van der Waals surface area (Å²) in [5.74, 6) is 0.781. The molecule has 0 unspecified atom stereocenters. The Hall–Kier alpha value is -2.14. The van der Waals surface area contributed by atoms with Gasteiger partial charge in [-0.1, -0.05) is 18.2 Å². The molecular weight excluding hydrogens is 312 g/mol. The van der Waals surface area contributed by atoms with E-state index in [2.05, 4.69) is 46.3 Å². The Kier molecular flexibility index (Phi) is 4.57. The highest BCUT2D eigenvalue weighted by atomic mass is 16.2. The lowest BCUT2D eigenvalue weighted by Gasteiger charge is -2.38. The molecule has 1 atom stereocenters. The monoisotopic (exact) mass is 338 g/mol. The van der Waals surface area contributed by atoms with Gasteiger partial charge in [0.2, 0.25) is 5.91 Å². The van der Waals surface area contributed by atoms with Crippen molar-refractivity contribution in [1.29, 1.82) is 0 Å². The molecule has 0 bridgehead atoms. The number of aromatic nitrogens is 2. The molecule has 3 heterocycles. The average Bonchev–Trinajstić information content (AvgIpc) is 3.21. The number of H-pyrrole nitrogens is 1. The molecule has 5 heteroatoms. The molecule has 1 aromatic carbocycles. The fourth-order valence-electron chi connectivity index (χ4n) is 4.24. The summed E-state index contributed by atoms with van der Waals surface area (Å²) in [4.78, 5) is 17.5. The van der Waals surface area contributed by atoms with Crippen molar-refractivity contribution in [2.75, 3.05) is 24.5 Å². The van der Waals surface area contributed by atoms with Crippen molar-refractivity contribution in [2.24, 2.45) is 0 Å². The van der Waals surface area contributed by atoms with Crippen LogP contribution in [-0.2, 0) is 11.2 Å². The number of fused-ring (bicyclic) bond motifs is 1. The van der Waals surface area contributed by atoms with Crippen molar-refractivity contribution in [3.63, 3.8) is 0 Å². The molecule has 1 amide bonds. The Labute approximate surface area is 149 Å². The van der Waals surface area contributed by atoms with E-state index in [1.165, 1.54) is 11.3 Å². The fourth-order valence-corrected chi connectivity index (χ4v) is 4.24. The molecular formula is C20H26N4O. The first kappa shape index (κ1) is 16.3. The van der Waals surface area contributed by atoms with Crippen LogP contribution in [0, 0.1) is 0 Å². The number of nitrogens with zero attached hydrogens (tertiary/aromatic N) is 3. The van der Waals surface area contributed by atoms with Gasteiger partial charge in [-0.15, -0.1) is 0 Å². The van der Waals surface area contributed by atoms with Crippen LogP contribution in [0.3, 0.4) is 0 Å². The second-order valence-electron chi connectivity index (χ2n) is 7.22. The smallest absolute Gasteiger partial charge is 0.244 e. The zero-order chi connectivity index (χ0) is 17.2. The second kappa shape index (κ2) is 7.00. The zero-order valence-corrected chi connectivity index (χ0v) is 14.8. The van der Waals surface area contributed by atoms with Gasteiger partial charge in [-0.25, -0.2) is 0 Å². The van der Waals surface area contributed by atoms with E-state index >= 15 is 0 Å². The lowest BCUT2D eigenvalue weighted by molar-refractivity contribution is -0.123. The number of piperidine rings is 1. The van der Waals surface area contributed by atoms with Crippen molar-refractivity contribution in [3.05, 3.63) is 47.8 Å². The summed E-state index contributed by atoms with van der Waals surface area (Å²) >= 11 is 0. The third kappa shape index (κ3) is 3.21. The lowest BCUT2D eigenvalue weighted by Crippen LogP contribution is -2.50. The van der Waals surface area contributed by atoms with E-state index in [-0.39, 0.29) is 11.9 Å². The number of hydrogen-bond acceptors (Lipinski definition) is 3. The number of carbonyl (C=O) groups is 1. The molecule has 0 saturated carbocycles. The van der Waals surface area contributed by atoms with Crippen molar-refractivity contribution < 1.29 is 4.79 Å². The van der Waals surface area contributed by atoms with Gasteiger partial charge in [-0.05, 0) is 63.4 Å². The maximum atomic E-state index is 13.1. The first-order valence-electron chi connectivity index (χ1n) is 9.36. The predicted octanol–water partition coefficient (Wildman–Crippen LogP) is 2.96. The van der Waals surface area contributed by atoms with E-state index in [1.54, 1.807) is 0 Å². The van der Waals surface area contributed by atoms with Crippen LogP contribution in [0.5, 0.6) is 0 Å². The Morgan fingerprint density at radius 2 is 2.00 bits per heavy atom. The van der Waals surface area contributed by atoms with Gasteiger partial charge in [-0.3, -0.25) is 14.8 Å². The number of para-hydroxylation sites is 1. The normalized spacial score (nSPS) is 20.3. The molecule has 0 radical (unpaired) electrons. The van der Waals surface area contributed by atoms with Crippen LogP contribution in [-0.4, -0.2) is 46.7 Å². The second-order valence-corrected chi connectivity index (χ2v) is 7.22. The van der Waals surface area contributed by atoms with Gasteiger partial charge >= 0.3 is 0 Å². The molecule has 0 aliphatic carbocycles. The number of hydrogen-bond donors (Lipinski definition) is 1. The molecule has 2 aromatic rings. The Morgan fingerprint density at radius 1 is 1.20 bits per heavy atom. The lowest BCUT2D eigenvalue weighted by atomic mass is 9.92. The van der Waals surface area contributed by atoms with E-state index in [0.29, 0.717) is 5.92 Å². The van der Waals surface area contributed by atoms with Crippen LogP contribution in [0.4, 0.5) is 5.69 Å². The summed E-state index contributed by atoms with van der Waals surface area (Å²) < 4.78 is 0. The molecule has 4 rings (SSSR count).